The maximum Gasteiger partial charge on any atom is 0.435 e. The van der Waals surface area contributed by atoms with E-state index in [2.05, 4.69) is 15.3 Å². The number of amides is 1. The number of fused-ring (bicyclic) bond motifs is 3. The zero-order valence-corrected chi connectivity index (χ0v) is 23.2. The van der Waals surface area contributed by atoms with Crippen molar-refractivity contribution in [2.75, 3.05) is 0 Å². The number of H-pyrrole nitrogens is 1. The second-order valence-electron chi connectivity index (χ2n) is 10.9. The lowest BCUT2D eigenvalue weighted by Crippen LogP contribution is -2.51. The summed E-state index contributed by atoms with van der Waals surface area (Å²) in [6.45, 7) is 1.67. The van der Waals surface area contributed by atoms with Gasteiger partial charge in [0.2, 0.25) is 0 Å². The number of carbonyl (C=O) groups excluding carboxylic acids is 1. The van der Waals surface area contributed by atoms with Gasteiger partial charge in [0.05, 0.1) is 17.4 Å². The molecular formula is C28H25F8N3O3S. The minimum Gasteiger partial charge on any atom is -0.348 e. The molecule has 0 unspecified atom stereocenters. The number of aromatic nitrogens is 2. The van der Waals surface area contributed by atoms with Gasteiger partial charge in [0.1, 0.15) is 16.3 Å². The first-order valence-corrected chi connectivity index (χ1v) is 14.7. The van der Waals surface area contributed by atoms with Crippen LogP contribution in [0.15, 0.2) is 59.9 Å². The number of sulfone groups is 1. The van der Waals surface area contributed by atoms with E-state index in [9.17, 15) is 48.3 Å². The van der Waals surface area contributed by atoms with Crippen LogP contribution in [0.2, 0.25) is 0 Å². The summed E-state index contributed by atoms with van der Waals surface area (Å²) in [6.07, 6.45) is -10.1. The number of imidazole rings is 1. The van der Waals surface area contributed by atoms with E-state index < -0.39 is 67.8 Å². The second-order valence-corrected chi connectivity index (χ2v) is 13.2. The minimum absolute atomic E-state index is 0.00311. The monoisotopic (exact) mass is 635 g/mol. The Morgan fingerprint density at radius 1 is 1.02 bits per heavy atom. The maximum atomic E-state index is 15.0. The number of nitrogens with one attached hydrogen (secondary N) is 2. The number of nitrogens with zero attached hydrogens (tertiary/aromatic N) is 1. The number of aryl methyl sites for hydroxylation is 1. The van der Waals surface area contributed by atoms with Gasteiger partial charge in [-0.05, 0) is 79.8 Å². The van der Waals surface area contributed by atoms with Crippen LogP contribution >= 0.6 is 0 Å². The molecule has 15 heteroatoms. The lowest BCUT2D eigenvalue weighted by atomic mass is 9.71. The highest BCUT2D eigenvalue weighted by molar-refractivity contribution is 7.92. The van der Waals surface area contributed by atoms with E-state index in [4.69, 9.17) is 0 Å². The summed E-state index contributed by atoms with van der Waals surface area (Å²) in [4.78, 5) is 18.8. The number of rotatable bonds is 6. The normalized spacial score (nSPS) is 23.4. The lowest BCUT2D eigenvalue weighted by molar-refractivity contribution is -0.348. The molecule has 0 aliphatic heterocycles. The summed E-state index contributed by atoms with van der Waals surface area (Å²) < 4.78 is 137. The average molecular weight is 636 g/mol. The largest absolute Gasteiger partial charge is 0.435 e. The number of hydrogen-bond donors (Lipinski definition) is 2. The summed E-state index contributed by atoms with van der Waals surface area (Å²) in [5.41, 5.74) is -7.43. The molecule has 2 aliphatic carbocycles. The van der Waals surface area contributed by atoms with Crippen molar-refractivity contribution in [2.24, 2.45) is 11.8 Å². The molecule has 0 spiro atoms. The van der Waals surface area contributed by atoms with Gasteiger partial charge in [0.25, 0.3) is 5.91 Å². The van der Waals surface area contributed by atoms with Gasteiger partial charge < -0.3 is 10.3 Å². The molecule has 2 aliphatic rings. The number of alkyl halides is 7. The SMILES string of the molecule is C[C@H](NC(=O)c1cnc[nH]1)[C@@H]1CC[C@@]2(S(=O)(=O)c3ccc(F)cc3)c3ccc(C(F)(C(F)(F)F)C(F)(F)F)cc3CC[C@@H]12. The van der Waals surface area contributed by atoms with Crippen molar-refractivity contribution in [3.8, 4) is 0 Å². The predicted molar refractivity (Wildman–Crippen MR) is 137 cm³/mol. The van der Waals surface area contributed by atoms with Gasteiger partial charge in [0.15, 0.2) is 9.84 Å². The van der Waals surface area contributed by atoms with Crippen LogP contribution in [0.3, 0.4) is 0 Å². The predicted octanol–water partition coefficient (Wildman–Crippen LogP) is 6.30. The number of carbonyl (C=O) groups is 1. The van der Waals surface area contributed by atoms with E-state index in [0.29, 0.717) is 12.1 Å². The highest BCUT2D eigenvalue weighted by Crippen LogP contribution is 2.61. The van der Waals surface area contributed by atoms with Gasteiger partial charge in [-0.2, -0.15) is 26.3 Å². The molecule has 2 aromatic carbocycles. The van der Waals surface area contributed by atoms with Gasteiger partial charge in [-0.25, -0.2) is 22.2 Å². The Morgan fingerprint density at radius 3 is 2.26 bits per heavy atom. The molecule has 1 fully saturated rings. The molecule has 1 heterocycles. The van der Waals surface area contributed by atoms with E-state index in [1.807, 2.05) is 0 Å². The number of halogens is 8. The third kappa shape index (κ3) is 4.70. The zero-order valence-electron chi connectivity index (χ0n) is 22.4. The summed E-state index contributed by atoms with van der Waals surface area (Å²) in [5.74, 6) is -2.47. The molecule has 4 atom stereocenters. The van der Waals surface area contributed by atoms with Crippen LogP contribution in [-0.4, -0.2) is 42.7 Å². The van der Waals surface area contributed by atoms with Crippen molar-refractivity contribution in [1.29, 1.82) is 0 Å². The standard InChI is InChI=1S/C28H25F8N3O3S/c1-15(39-24(40)23-13-37-14-38-23)20-10-11-25(43(41,42)19-6-4-18(29)5-7-19)21-9-3-17(12-16(21)2-8-22(20)25)26(30,27(31,32)33)28(34,35)36/h3-7,9,12-15,20,22H,2,8,10-11H2,1H3,(H,37,38)(H,39,40)/t15-,20-,22-,25+/m0/s1. The zero-order chi connectivity index (χ0) is 31.6. The van der Waals surface area contributed by atoms with Crippen LogP contribution in [0.5, 0.6) is 0 Å². The fourth-order valence-electron chi connectivity index (χ4n) is 6.79. The highest BCUT2D eigenvalue weighted by atomic mass is 32.2. The van der Waals surface area contributed by atoms with E-state index in [1.54, 1.807) is 6.92 Å². The molecule has 2 N–H and O–H groups in total. The molecule has 3 aromatic rings. The lowest BCUT2D eigenvalue weighted by Gasteiger charge is -2.44. The van der Waals surface area contributed by atoms with Crippen molar-refractivity contribution in [3.63, 3.8) is 0 Å². The molecule has 232 valence electrons. The first kappa shape index (κ1) is 31.0. The number of aromatic amines is 1. The molecule has 1 amide bonds. The highest BCUT2D eigenvalue weighted by Gasteiger charge is 2.73. The fraction of sp³-hybridized carbons (Fsp3) is 0.429. The van der Waals surface area contributed by atoms with Crippen molar-refractivity contribution < 1.29 is 48.3 Å². The first-order chi connectivity index (χ1) is 19.9. The molecule has 1 aromatic heterocycles. The Morgan fingerprint density at radius 2 is 1.67 bits per heavy atom. The Labute approximate surface area is 240 Å². The van der Waals surface area contributed by atoms with E-state index >= 15 is 0 Å². The first-order valence-electron chi connectivity index (χ1n) is 13.2. The summed E-state index contributed by atoms with van der Waals surface area (Å²) >= 11 is 0. The van der Waals surface area contributed by atoms with Gasteiger partial charge in [-0.3, -0.25) is 4.79 Å². The summed E-state index contributed by atoms with van der Waals surface area (Å²) in [7, 11) is -4.47. The van der Waals surface area contributed by atoms with Crippen molar-refractivity contribution in [2.45, 2.75) is 66.3 Å². The fourth-order valence-corrected chi connectivity index (χ4v) is 9.28. The van der Waals surface area contributed by atoms with Gasteiger partial charge in [-0.15, -0.1) is 0 Å². The van der Waals surface area contributed by atoms with E-state index in [0.717, 1.165) is 30.3 Å². The molecule has 0 bridgehead atoms. The van der Waals surface area contributed by atoms with Crippen LogP contribution in [0.25, 0.3) is 0 Å². The van der Waals surface area contributed by atoms with Crippen LogP contribution in [-0.2, 0) is 26.7 Å². The van der Waals surface area contributed by atoms with Crippen molar-refractivity contribution in [3.05, 3.63) is 83.2 Å². The van der Waals surface area contributed by atoms with Gasteiger partial charge in [0, 0.05) is 11.6 Å². The summed E-state index contributed by atoms with van der Waals surface area (Å²) in [6, 6.07) is 4.93. The van der Waals surface area contributed by atoms with Crippen LogP contribution in [0.4, 0.5) is 35.1 Å². The van der Waals surface area contributed by atoms with Crippen LogP contribution in [0.1, 0.15) is 53.4 Å². The third-order valence-corrected chi connectivity index (χ3v) is 11.4. The smallest absolute Gasteiger partial charge is 0.348 e. The maximum absolute atomic E-state index is 15.0. The minimum atomic E-state index is -6.34. The van der Waals surface area contributed by atoms with E-state index in [1.165, 1.54) is 12.5 Å². The summed E-state index contributed by atoms with van der Waals surface area (Å²) in [5, 5.41) is 2.81. The second kappa shape index (κ2) is 10.3. The van der Waals surface area contributed by atoms with Crippen LogP contribution in [0, 0.1) is 17.7 Å². The Bertz CT molecular complexity index is 1610. The van der Waals surface area contributed by atoms with Crippen molar-refractivity contribution in [1.82, 2.24) is 15.3 Å². The van der Waals surface area contributed by atoms with Crippen LogP contribution < -0.4 is 5.32 Å². The molecule has 5 rings (SSSR count). The van der Waals surface area contributed by atoms with Gasteiger partial charge >= 0.3 is 18.0 Å². The van der Waals surface area contributed by atoms with Gasteiger partial charge in [-0.1, -0.05) is 18.2 Å². The van der Waals surface area contributed by atoms with Crippen molar-refractivity contribution >= 4 is 15.7 Å². The van der Waals surface area contributed by atoms with E-state index in [-0.39, 0.29) is 47.4 Å². The number of benzene rings is 2. The molecule has 43 heavy (non-hydrogen) atoms. The third-order valence-electron chi connectivity index (χ3n) is 8.78. The Hall–Kier alpha value is -3.49. The average Bonchev–Trinajstić information content (AvgIpc) is 3.61. The molecule has 0 saturated heterocycles. The Kier molecular flexibility index (Phi) is 7.42. The molecule has 6 nitrogen and oxygen atoms in total. The quantitative estimate of drug-likeness (QED) is 0.246. The number of hydrogen-bond acceptors (Lipinski definition) is 4. The molecular weight excluding hydrogens is 610 g/mol. The molecule has 1 saturated carbocycles. The Balaban J connectivity index is 1.64. The molecule has 0 radical (unpaired) electrons. The topological polar surface area (TPSA) is 91.9 Å².